The summed E-state index contributed by atoms with van der Waals surface area (Å²) in [6, 6.07) is 0. The van der Waals surface area contributed by atoms with Crippen LogP contribution in [0.25, 0.3) is 0 Å². The molecular formula is C14H26Cl3O5P. The minimum Gasteiger partial charge on any atom is -0.445 e. The Bertz CT molecular complexity index is 377. The molecule has 0 aromatic heterocycles. The minimum atomic E-state index is -3.89. The molecule has 0 bridgehead atoms. The van der Waals surface area contributed by atoms with Gasteiger partial charge in [0.1, 0.15) is 0 Å². The zero-order chi connectivity index (χ0) is 17.9. The fourth-order valence-corrected chi connectivity index (χ4v) is 4.78. The van der Waals surface area contributed by atoms with Crippen LogP contribution in [0.5, 0.6) is 0 Å². The number of ether oxygens (including phenoxy) is 1. The van der Waals surface area contributed by atoms with Crippen LogP contribution in [0, 0.1) is 0 Å². The van der Waals surface area contributed by atoms with Crippen molar-refractivity contribution in [3.8, 4) is 0 Å². The van der Waals surface area contributed by atoms with Crippen LogP contribution in [-0.4, -0.2) is 28.8 Å². The van der Waals surface area contributed by atoms with Gasteiger partial charge < -0.3 is 13.8 Å². The first kappa shape index (κ1) is 23.5. The molecule has 0 aliphatic carbocycles. The number of esters is 1. The van der Waals surface area contributed by atoms with Gasteiger partial charge in [0.15, 0.2) is 0 Å². The second-order valence-electron chi connectivity index (χ2n) is 4.92. The summed E-state index contributed by atoms with van der Waals surface area (Å²) >= 11 is 17.5. The van der Waals surface area contributed by atoms with E-state index in [0.29, 0.717) is 6.42 Å². The van der Waals surface area contributed by atoms with Crippen molar-refractivity contribution in [2.24, 2.45) is 0 Å². The van der Waals surface area contributed by atoms with E-state index in [2.05, 4.69) is 6.92 Å². The average Bonchev–Trinajstić information content (AvgIpc) is 2.43. The molecule has 0 saturated carbocycles. The topological polar surface area (TPSA) is 61.8 Å². The minimum absolute atomic E-state index is 0.0725. The molecule has 0 aliphatic rings. The van der Waals surface area contributed by atoms with Crippen LogP contribution in [0.15, 0.2) is 0 Å². The molecule has 138 valence electrons. The second-order valence-corrected chi connectivity index (χ2v) is 9.36. The molecule has 0 aromatic rings. The molecule has 5 nitrogen and oxygen atoms in total. The summed E-state index contributed by atoms with van der Waals surface area (Å²) in [6.45, 7) is 5.50. The third-order valence-corrected chi connectivity index (χ3v) is 6.27. The Morgan fingerprint density at radius 2 is 1.52 bits per heavy atom. The standard InChI is InChI=1S/C14H26Cl3O5P/c1-4-7-8-9-10-11-12(18)22-13(14(15,16)17)23(19,20-5-2)21-6-3/h13H,4-11H2,1-3H3. The molecule has 0 aliphatic heterocycles. The number of unbranched alkanes of at least 4 members (excludes halogenated alkanes) is 4. The summed E-state index contributed by atoms with van der Waals surface area (Å²) in [4.78, 5) is 12.0. The van der Waals surface area contributed by atoms with Gasteiger partial charge in [0.05, 0.1) is 13.2 Å². The molecule has 0 fully saturated rings. The van der Waals surface area contributed by atoms with Gasteiger partial charge in [-0.25, -0.2) is 0 Å². The Labute approximate surface area is 153 Å². The first-order valence-corrected chi connectivity index (χ1v) is 10.6. The van der Waals surface area contributed by atoms with E-state index >= 15 is 0 Å². The highest BCUT2D eigenvalue weighted by Gasteiger charge is 2.51. The van der Waals surface area contributed by atoms with E-state index in [1.165, 1.54) is 0 Å². The van der Waals surface area contributed by atoms with Crippen LogP contribution >= 0.6 is 42.4 Å². The van der Waals surface area contributed by atoms with Crippen molar-refractivity contribution in [3.05, 3.63) is 0 Å². The van der Waals surface area contributed by atoms with Crippen molar-refractivity contribution >= 4 is 48.4 Å². The SMILES string of the molecule is CCCCCCCC(=O)OC(C(Cl)(Cl)Cl)P(=O)(OCC)OCC. The third-order valence-electron chi connectivity index (χ3n) is 2.91. The highest BCUT2D eigenvalue weighted by Crippen LogP contribution is 2.60. The van der Waals surface area contributed by atoms with E-state index in [4.69, 9.17) is 48.6 Å². The fourth-order valence-electron chi connectivity index (χ4n) is 1.90. The Hall–Kier alpha value is 0.490. The Morgan fingerprint density at radius 3 is 1.96 bits per heavy atom. The van der Waals surface area contributed by atoms with Gasteiger partial charge in [-0.1, -0.05) is 67.4 Å². The van der Waals surface area contributed by atoms with E-state index < -0.39 is 23.2 Å². The molecule has 0 radical (unpaired) electrons. The number of carbonyl (C=O) groups excluding carboxylic acids is 1. The van der Waals surface area contributed by atoms with Crippen LogP contribution in [0.3, 0.4) is 0 Å². The monoisotopic (exact) mass is 410 g/mol. The maximum atomic E-state index is 12.7. The Balaban J connectivity index is 4.79. The lowest BCUT2D eigenvalue weighted by molar-refractivity contribution is -0.146. The predicted molar refractivity (Wildman–Crippen MR) is 94.4 cm³/mol. The lowest BCUT2D eigenvalue weighted by Gasteiger charge is -2.30. The lowest BCUT2D eigenvalue weighted by Crippen LogP contribution is -2.33. The molecular weight excluding hydrogens is 385 g/mol. The fraction of sp³-hybridized carbons (Fsp3) is 0.929. The van der Waals surface area contributed by atoms with Crippen molar-refractivity contribution < 1.29 is 23.1 Å². The summed E-state index contributed by atoms with van der Waals surface area (Å²) in [6.07, 6.45) is 5.03. The molecule has 0 N–H and O–H groups in total. The van der Waals surface area contributed by atoms with Gasteiger partial charge in [-0.05, 0) is 20.3 Å². The summed E-state index contributed by atoms with van der Waals surface area (Å²) in [5.41, 5.74) is 0. The van der Waals surface area contributed by atoms with Crippen LogP contribution in [0.1, 0.15) is 59.3 Å². The molecule has 0 saturated heterocycles. The van der Waals surface area contributed by atoms with Gasteiger partial charge in [0.25, 0.3) is 0 Å². The van der Waals surface area contributed by atoms with Gasteiger partial charge in [-0.2, -0.15) is 0 Å². The highest BCUT2D eigenvalue weighted by molar-refractivity contribution is 7.55. The summed E-state index contributed by atoms with van der Waals surface area (Å²) in [5.74, 6) is -2.18. The lowest BCUT2D eigenvalue weighted by atomic mass is 10.1. The number of carbonyl (C=O) groups is 1. The summed E-state index contributed by atoms with van der Waals surface area (Å²) in [7, 11) is -3.89. The predicted octanol–water partition coefficient (Wildman–Crippen LogP) is 5.85. The normalized spacial score (nSPS) is 13.8. The molecule has 0 heterocycles. The van der Waals surface area contributed by atoms with Crippen LogP contribution in [0.2, 0.25) is 0 Å². The smallest absolute Gasteiger partial charge is 0.375 e. The molecule has 1 unspecified atom stereocenters. The molecule has 23 heavy (non-hydrogen) atoms. The molecule has 0 rings (SSSR count). The Kier molecular flexibility index (Phi) is 12.2. The van der Waals surface area contributed by atoms with Crippen LogP contribution in [0.4, 0.5) is 0 Å². The number of hydrogen-bond acceptors (Lipinski definition) is 5. The molecule has 0 aromatic carbocycles. The number of rotatable bonds is 12. The first-order chi connectivity index (χ1) is 10.7. The quantitative estimate of drug-likeness (QED) is 0.174. The zero-order valence-electron chi connectivity index (χ0n) is 13.9. The van der Waals surface area contributed by atoms with Crippen molar-refractivity contribution in [1.29, 1.82) is 0 Å². The number of alkyl halides is 3. The van der Waals surface area contributed by atoms with Crippen molar-refractivity contribution in [3.63, 3.8) is 0 Å². The summed E-state index contributed by atoms with van der Waals surface area (Å²) in [5, 5.41) is 0. The highest BCUT2D eigenvalue weighted by atomic mass is 35.6. The van der Waals surface area contributed by atoms with Crippen molar-refractivity contribution in [1.82, 2.24) is 0 Å². The zero-order valence-corrected chi connectivity index (χ0v) is 17.0. The van der Waals surface area contributed by atoms with Gasteiger partial charge in [0, 0.05) is 6.42 Å². The van der Waals surface area contributed by atoms with E-state index in [0.717, 1.165) is 25.7 Å². The molecule has 0 spiro atoms. The molecule has 9 heteroatoms. The number of halogens is 3. The van der Waals surface area contributed by atoms with Gasteiger partial charge in [-0.3, -0.25) is 9.36 Å². The summed E-state index contributed by atoms with van der Waals surface area (Å²) < 4.78 is 26.0. The van der Waals surface area contributed by atoms with E-state index in [1.807, 2.05) is 0 Å². The second kappa shape index (κ2) is 11.9. The molecule has 0 amide bonds. The van der Waals surface area contributed by atoms with Gasteiger partial charge in [-0.15, -0.1) is 0 Å². The maximum absolute atomic E-state index is 12.7. The average molecular weight is 412 g/mol. The van der Waals surface area contributed by atoms with Crippen LogP contribution in [-0.2, 0) is 23.1 Å². The maximum Gasteiger partial charge on any atom is 0.375 e. The van der Waals surface area contributed by atoms with Crippen LogP contribution < -0.4 is 0 Å². The van der Waals surface area contributed by atoms with Gasteiger partial charge in [0.2, 0.25) is 9.64 Å². The first-order valence-electron chi connectivity index (χ1n) is 7.86. The Morgan fingerprint density at radius 1 is 1.00 bits per heavy atom. The van der Waals surface area contributed by atoms with Gasteiger partial charge >= 0.3 is 13.6 Å². The van der Waals surface area contributed by atoms with E-state index in [1.54, 1.807) is 13.8 Å². The van der Waals surface area contributed by atoms with Crippen molar-refractivity contribution in [2.45, 2.75) is 68.9 Å². The third kappa shape index (κ3) is 9.52. The number of hydrogen-bond donors (Lipinski definition) is 0. The van der Waals surface area contributed by atoms with E-state index in [9.17, 15) is 9.36 Å². The van der Waals surface area contributed by atoms with Crippen molar-refractivity contribution in [2.75, 3.05) is 13.2 Å². The van der Waals surface area contributed by atoms with E-state index in [-0.39, 0.29) is 19.6 Å². The largest absolute Gasteiger partial charge is 0.445 e. The molecule has 1 atom stereocenters.